The Kier molecular flexibility index (Phi) is 7.79. The van der Waals surface area contributed by atoms with E-state index in [1.165, 1.54) is 6.92 Å². The number of hydrogen-bond donors (Lipinski definition) is 2. The molecule has 5 heteroatoms. The molecule has 5 nitrogen and oxygen atoms in total. The van der Waals surface area contributed by atoms with Gasteiger partial charge in [-0.3, -0.25) is 0 Å². The number of aliphatic hydroxyl groups excluding tert-OH is 1. The summed E-state index contributed by atoms with van der Waals surface area (Å²) >= 11 is 0. The maximum atomic E-state index is 9.46. The van der Waals surface area contributed by atoms with E-state index in [1.54, 1.807) is 0 Å². The number of quaternary nitrogens is 1. The van der Waals surface area contributed by atoms with Gasteiger partial charge in [0.05, 0.1) is 33.7 Å². The van der Waals surface area contributed by atoms with Crippen LogP contribution in [0.15, 0.2) is 0 Å². The number of carbonyl (C=O) groups is 1. The third-order valence-corrected chi connectivity index (χ3v) is 1.14. The van der Waals surface area contributed by atoms with Crippen LogP contribution < -0.4 is 10.8 Å². The zero-order valence-electron chi connectivity index (χ0n) is 8.78. The fraction of sp³-hybridized carbons (Fsp3) is 0.875. The van der Waals surface area contributed by atoms with Gasteiger partial charge in [0.15, 0.2) is 0 Å². The number of carboxylic acid groups (broad SMARTS) is 1. The van der Waals surface area contributed by atoms with Crippen LogP contribution in [0.3, 0.4) is 0 Å². The minimum atomic E-state index is -1.21. The minimum absolute atomic E-state index is 0.281. The molecular formula is C8H20N2O3. The molecule has 0 saturated heterocycles. The molecule has 0 aromatic rings. The average Bonchev–Trinajstić information content (AvgIpc) is 1.85. The SMILES string of the molecule is C[C@H](N)C(=O)[O-].C[N+](C)(C)CCO. The summed E-state index contributed by atoms with van der Waals surface area (Å²) in [6.45, 7) is 2.47. The van der Waals surface area contributed by atoms with Crippen LogP contribution in [-0.2, 0) is 4.79 Å². The Morgan fingerprint density at radius 3 is 1.85 bits per heavy atom. The second-order valence-electron chi connectivity index (χ2n) is 3.85. The Hall–Kier alpha value is -0.650. The highest BCUT2D eigenvalue weighted by molar-refractivity contribution is 5.70. The second kappa shape index (κ2) is 6.82. The Bertz CT molecular complexity index is 141. The van der Waals surface area contributed by atoms with Crippen LogP contribution in [0.5, 0.6) is 0 Å². The van der Waals surface area contributed by atoms with Crippen LogP contribution in [0.25, 0.3) is 0 Å². The van der Waals surface area contributed by atoms with Gasteiger partial charge in [0.1, 0.15) is 6.54 Å². The van der Waals surface area contributed by atoms with Gasteiger partial charge in [-0.15, -0.1) is 0 Å². The normalized spacial score (nSPS) is 12.8. The molecule has 13 heavy (non-hydrogen) atoms. The summed E-state index contributed by atoms with van der Waals surface area (Å²) in [6, 6.07) is -0.843. The Balaban J connectivity index is 0. The first-order valence-electron chi connectivity index (χ1n) is 4.08. The number of nitrogens with two attached hydrogens (primary N) is 1. The molecule has 0 unspecified atom stereocenters. The van der Waals surface area contributed by atoms with E-state index in [9.17, 15) is 9.90 Å². The lowest BCUT2D eigenvalue weighted by molar-refractivity contribution is -0.870. The van der Waals surface area contributed by atoms with Gasteiger partial charge in [-0.05, 0) is 6.92 Å². The van der Waals surface area contributed by atoms with Gasteiger partial charge in [0, 0.05) is 6.04 Å². The van der Waals surface area contributed by atoms with E-state index in [0.29, 0.717) is 0 Å². The molecule has 0 aliphatic rings. The van der Waals surface area contributed by atoms with Crippen molar-refractivity contribution in [1.29, 1.82) is 0 Å². The molecule has 3 N–H and O–H groups in total. The summed E-state index contributed by atoms with van der Waals surface area (Å²) in [4.78, 5) is 9.46. The molecule has 0 aromatic carbocycles. The molecule has 0 radical (unpaired) electrons. The van der Waals surface area contributed by atoms with Crippen molar-refractivity contribution in [3.63, 3.8) is 0 Å². The molecule has 0 aliphatic carbocycles. The first-order valence-corrected chi connectivity index (χ1v) is 4.08. The van der Waals surface area contributed by atoms with Crippen LogP contribution in [-0.4, -0.2) is 55.9 Å². The van der Waals surface area contributed by atoms with Crippen molar-refractivity contribution >= 4 is 5.97 Å². The zero-order valence-corrected chi connectivity index (χ0v) is 8.78. The highest BCUT2D eigenvalue weighted by Gasteiger charge is 2.02. The molecule has 80 valence electrons. The fourth-order valence-corrected chi connectivity index (χ4v) is 0.300. The van der Waals surface area contributed by atoms with E-state index in [4.69, 9.17) is 10.8 Å². The third-order valence-electron chi connectivity index (χ3n) is 1.14. The predicted molar refractivity (Wildman–Crippen MR) is 48.6 cm³/mol. The quantitative estimate of drug-likeness (QED) is 0.495. The van der Waals surface area contributed by atoms with Crippen LogP contribution in [0.2, 0.25) is 0 Å². The van der Waals surface area contributed by atoms with E-state index < -0.39 is 12.0 Å². The molecule has 0 amide bonds. The number of likely N-dealkylation sites (N-methyl/N-ethyl adjacent to an activating group) is 1. The van der Waals surface area contributed by atoms with Gasteiger partial charge in [-0.2, -0.15) is 0 Å². The van der Waals surface area contributed by atoms with Gasteiger partial charge in [0.25, 0.3) is 0 Å². The van der Waals surface area contributed by atoms with Crippen molar-refractivity contribution in [1.82, 2.24) is 0 Å². The van der Waals surface area contributed by atoms with Crippen molar-refractivity contribution in [2.75, 3.05) is 34.3 Å². The molecule has 0 aliphatic heterocycles. The predicted octanol–water partition coefficient (Wildman–Crippen LogP) is -2.23. The number of carboxylic acids is 1. The topological polar surface area (TPSA) is 86.4 Å². The molecular weight excluding hydrogens is 172 g/mol. The first-order chi connectivity index (χ1) is 5.70. The van der Waals surface area contributed by atoms with Crippen molar-refractivity contribution < 1.29 is 19.5 Å². The monoisotopic (exact) mass is 192 g/mol. The molecule has 0 fully saturated rings. The standard InChI is InChI=1S/C5H14NO.C3H7NO2/c1-6(2,3)4-5-7;1-2(4)3(5)6/h7H,4-5H2,1-3H3;2H,4H2,1H3,(H,5,6)/q+1;/p-1/t;2-/m.0/s1. The molecule has 0 bridgehead atoms. The number of nitrogens with zero attached hydrogens (tertiary/aromatic N) is 1. The minimum Gasteiger partial charge on any atom is -0.548 e. The Morgan fingerprint density at radius 1 is 1.54 bits per heavy atom. The van der Waals surface area contributed by atoms with Crippen molar-refractivity contribution in [3.8, 4) is 0 Å². The molecule has 0 spiro atoms. The van der Waals surface area contributed by atoms with E-state index in [0.717, 1.165) is 11.0 Å². The lowest BCUT2D eigenvalue weighted by Crippen LogP contribution is -2.39. The number of aliphatic hydroxyl groups is 1. The van der Waals surface area contributed by atoms with E-state index >= 15 is 0 Å². The van der Waals surface area contributed by atoms with Crippen LogP contribution in [0, 0.1) is 0 Å². The lowest BCUT2D eigenvalue weighted by atomic mass is 10.4. The number of carbonyl (C=O) groups excluding carboxylic acids is 1. The van der Waals surface area contributed by atoms with Crippen LogP contribution in [0.4, 0.5) is 0 Å². The third kappa shape index (κ3) is 18.4. The van der Waals surface area contributed by atoms with Gasteiger partial charge in [0.2, 0.25) is 0 Å². The maximum absolute atomic E-state index is 9.46. The van der Waals surface area contributed by atoms with E-state index in [-0.39, 0.29) is 6.61 Å². The molecule has 0 saturated carbocycles. The Morgan fingerprint density at radius 2 is 1.85 bits per heavy atom. The second-order valence-corrected chi connectivity index (χ2v) is 3.85. The summed E-state index contributed by atoms with van der Waals surface area (Å²) in [7, 11) is 6.16. The van der Waals surface area contributed by atoms with Gasteiger partial charge in [-0.25, -0.2) is 0 Å². The summed E-state index contributed by atoms with van der Waals surface area (Å²) in [5, 5.41) is 17.8. The Labute approximate surface area is 79.4 Å². The lowest BCUT2D eigenvalue weighted by Gasteiger charge is -2.21. The highest BCUT2D eigenvalue weighted by atomic mass is 16.4. The highest BCUT2D eigenvalue weighted by Crippen LogP contribution is 1.84. The van der Waals surface area contributed by atoms with Crippen LogP contribution in [0.1, 0.15) is 6.92 Å². The molecule has 1 atom stereocenters. The van der Waals surface area contributed by atoms with Crippen molar-refractivity contribution in [3.05, 3.63) is 0 Å². The van der Waals surface area contributed by atoms with Crippen molar-refractivity contribution in [2.45, 2.75) is 13.0 Å². The van der Waals surface area contributed by atoms with E-state index in [1.807, 2.05) is 0 Å². The van der Waals surface area contributed by atoms with Gasteiger partial charge in [-0.1, -0.05) is 0 Å². The summed E-state index contributed by atoms with van der Waals surface area (Å²) < 4.78 is 0.844. The van der Waals surface area contributed by atoms with Gasteiger partial charge >= 0.3 is 0 Å². The number of rotatable bonds is 3. The first kappa shape index (κ1) is 14.9. The zero-order chi connectivity index (χ0) is 11.1. The molecule has 0 heterocycles. The fourth-order valence-electron chi connectivity index (χ4n) is 0.300. The molecule has 0 rings (SSSR count). The summed E-state index contributed by atoms with van der Waals surface area (Å²) in [5.74, 6) is -1.21. The largest absolute Gasteiger partial charge is 0.548 e. The maximum Gasteiger partial charge on any atom is 0.101 e. The van der Waals surface area contributed by atoms with E-state index in [2.05, 4.69) is 21.1 Å². The smallest absolute Gasteiger partial charge is 0.101 e. The van der Waals surface area contributed by atoms with Crippen LogP contribution >= 0.6 is 0 Å². The van der Waals surface area contributed by atoms with Crippen molar-refractivity contribution in [2.24, 2.45) is 5.73 Å². The summed E-state index contributed by atoms with van der Waals surface area (Å²) in [6.07, 6.45) is 0. The van der Waals surface area contributed by atoms with Gasteiger partial charge < -0.3 is 25.2 Å². The molecule has 0 aromatic heterocycles. The number of aliphatic carboxylic acids is 1. The average molecular weight is 192 g/mol. The summed E-state index contributed by atoms with van der Waals surface area (Å²) in [5.41, 5.74) is 4.77. The number of hydrogen-bond acceptors (Lipinski definition) is 4.